The van der Waals surface area contributed by atoms with Crippen molar-refractivity contribution >= 4 is 8.32 Å². The number of ether oxygens (including phenoxy) is 4. The van der Waals surface area contributed by atoms with E-state index in [1.54, 1.807) is 0 Å². The molecule has 3 aromatic rings. The molecule has 0 unspecified atom stereocenters. The number of benzene rings is 3. The lowest BCUT2D eigenvalue weighted by atomic mass is 9.98. The Bertz CT molecular complexity index is 1190. The second-order valence-corrected chi connectivity index (χ2v) is 17.1. The van der Waals surface area contributed by atoms with E-state index in [1.807, 2.05) is 91.0 Å². The van der Waals surface area contributed by atoms with Crippen molar-refractivity contribution in [1.29, 1.82) is 0 Å². The first-order valence-electron chi connectivity index (χ1n) is 15.0. The Balaban J connectivity index is 1.60. The van der Waals surface area contributed by atoms with Crippen LogP contribution in [0.15, 0.2) is 91.0 Å². The van der Waals surface area contributed by atoms with E-state index in [0.717, 1.165) is 16.7 Å². The summed E-state index contributed by atoms with van der Waals surface area (Å²) in [7, 11) is -2.37. The van der Waals surface area contributed by atoms with Crippen LogP contribution in [0.1, 0.15) is 44.4 Å². The number of rotatable bonds is 14. The van der Waals surface area contributed by atoms with Crippen LogP contribution in [0.2, 0.25) is 18.1 Å². The quantitative estimate of drug-likeness (QED) is 0.201. The average molecular weight is 593 g/mol. The second-order valence-electron chi connectivity index (χ2n) is 12.6. The zero-order valence-electron chi connectivity index (χ0n) is 25.9. The van der Waals surface area contributed by atoms with E-state index in [9.17, 15) is 5.11 Å². The van der Waals surface area contributed by atoms with Crippen LogP contribution in [0.4, 0.5) is 0 Å². The fourth-order valence-corrected chi connectivity index (χ4v) is 7.53. The van der Waals surface area contributed by atoms with Crippen LogP contribution >= 0.6 is 0 Å². The van der Waals surface area contributed by atoms with Crippen molar-refractivity contribution < 1.29 is 28.5 Å². The summed E-state index contributed by atoms with van der Waals surface area (Å²) < 4.78 is 32.5. The van der Waals surface area contributed by atoms with Crippen LogP contribution in [0.3, 0.4) is 0 Å². The maximum Gasteiger partial charge on any atom is 0.196 e. The third-order valence-corrected chi connectivity index (χ3v) is 13.5. The van der Waals surface area contributed by atoms with E-state index in [4.69, 9.17) is 23.4 Å². The van der Waals surface area contributed by atoms with Gasteiger partial charge in [0.05, 0.1) is 26.4 Å². The minimum atomic E-state index is -2.37. The fourth-order valence-electron chi connectivity index (χ4n) is 5.06. The van der Waals surface area contributed by atoms with Crippen LogP contribution in [-0.4, -0.2) is 50.7 Å². The van der Waals surface area contributed by atoms with Gasteiger partial charge in [0, 0.05) is 0 Å². The zero-order chi connectivity index (χ0) is 30.2. The normalized spacial score (nSPS) is 23.3. The summed E-state index contributed by atoms with van der Waals surface area (Å²) in [6.07, 6.45) is -3.70. The van der Waals surface area contributed by atoms with Crippen LogP contribution < -0.4 is 0 Å². The van der Waals surface area contributed by atoms with E-state index < -0.39 is 39.0 Å². The highest BCUT2D eigenvalue weighted by atomic mass is 28.4. The van der Waals surface area contributed by atoms with Gasteiger partial charge in [-0.3, -0.25) is 0 Å². The number of hydrogen-bond donors (Lipinski definition) is 1. The number of hydrogen-bond acceptors (Lipinski definition) is 6. The summed E-state index contributed by atoms with van der Waals surface area (Å²) >= 11 is 0. The monoisotopic (exact) mass is 592 g/mol. The molecule has 0 aliphatic carbocycles. The lowest BCUT2D eigenvalue weighted by Crippen LogP contribution is -2.63. The number of aliphatic hydroxyl groups is 1. The first-order chi connectivity index (χ1) is 20.1. The Kier molecular flexibility index (Phi) is 11.5. The molecule has 0 bridgehead atoms. The van der Waals surface area contributed by atoms with Gasteiger partial charge in [-0.15, -0.1) is 0 Å². The highest BCUT2D eigenvalue weighted by molar-refractivity contribution is 6.74. The van der Waals surface area contributed by atoms with Crippen molar-refractivity contribution in [2.24, 2.45) is 5.92 Å². The molecule has 0 amide bonds. The van der Waals surface area contributed by atoms with Crippen LogP contribution in [0.5, 0.6) is 0 Å². The summed E-state index contributed by atoms with van der Waals surface area (Å²) in [4.78, 5) is 0. The van der Waals surface area contributed by atoms with Gasteiger partial charge < -0.3 is 28.5 Å². The SMILES string of the molecule is CC(C)C(C)(C)[Si](C)(C)O[C@@H]1O[C@H](COCc2ccccc2)[C@H](OCc2ccccc2)[C@H](OCc2ccccc2)[C@H]1O. The maximum atomic E-state index is 11.8. The molecule has 0 spiro atoms. The van der Waals surface area contributed by atoms with Gasteiger partial charge in [0.1, 0.15) is 24.4 Å². The molecule has 4 rings (SSSR count). The minimum absolute atomic E-state index is 0.0591. The average Bonchev–Trinajstić information content (AvgIpc) is 2.98. The topological polar surface area (TPSA) is 66.4 Å². The predicted molar refractivity (Wildman–Crippen MR) is 168 cm³/mol. The third kappa shape index (κ3) is 8.38. The Labute approximate surface area is 253 Å². The molecular weight excluding hydrogens is 544 g/mol. The third-order valence-electron chi connectivity index (χ3n) is 8.98. The second kappa shape index (κ2) is 14.9. The molecule has 3 aromatic carbocycles. The van der Waals surface area contributed by atoms with E-state index >= 15 is 0 Å². The highest BCUT2D eigenvalue weighted by Crippen LogP contribution is 2.46. The Morgan fingerprint density at radius 3 is 1.67 bits per heavy atom. The summed E-state index contributed by atoms with van der Waals surface area (Å²) in [5.41, 5.74) is 3.12. The molecular formula is C35H48O6Si. The number of aliphatic hydroxyl groups excluding tert-OH is 1. The van der Waals surface area contributed by atoms with E-state index in [0.29, 0.717) is 25.7 Å². The maximum absolute atomic E-state index is 11.8. The Morgan fingerprint density at radius 1 is 0.738 bits per heavy atom. The van der Waals surface area contributed by atoms with Crippen molar-refractivity contribution in [3.05, 3.63) is 108 Å². The zero-order valence-corrected chi connectivity index (χ0v) is 26.9. The Morgan fingerprint density at radius 2 is 1.19 bits per heavy atom. The van der Waals surface area contributed by atoms with Crippen molar-refractivity contribution in [1.82, 2.24) is 0 Å². The predicted octanol–water partition coefficient (Wildman–Crippen LogP) is 7.12. The van der Waals surface area contributed by atoms with Crippen LogP contribution in [0.25, 0.3) is 0 Å². The van der Waals surface area contributed by atoms with Crippen LogP contribution in [-0.2, 0) is 43.2 Å². The molecule has 0 radical (unpaired) electrons. The molecule has 1 fully saturated rings. The van der Waals surface area contributed by atoms with Gasteiger partial charge in [-0.2, -0.15) is 0 Å². The summed E-state index contributed by atoms with van der Waals surface area (Å²) in [6.45, 7) is 14.7. The molecule has 7 heteroatoms. The van der Waals surface area contributed by atoms with E-state index in [-0.39, 0.29) is 11.6 Å². The van der Waals surface area contributed by atoms with Gasteiger partial charge >= 0.3 is 0 Å². The molecule has 228 valence electrons. The molecule has 0 aromatic heterocycles. The molecule has 42 heavy (non-hydrogen) atoms. The fraction of sp³-hybridized carbons (Fsp3) is 0.486. The minimum Gasteiger partial charge on any atom is -0.390 e. The standard InChI is InChI=1S/C35H48O6Si/c1-26(2)35(3,4)42(5,6)41-34-31(36)33(39-24-29-20-14-9-15-21-29)32(38-23-28-18-12-8-13-19-28)30(40-34)25-37-22-27-16-10-7-11-17-27/h7-21,26,30-34,36H,22-25H2,1-6H3/t30-,31-,32+,33-,34+/m1/s1. The largest absolute Gasteiger partial charge is 0.390 e. The summed E-state index contributed by atoms with van der Waals surface area (Å²) in [5, 5.41) is 11.7. The lowest BCUT2D eigenvalue weighted by Gasteiger charge is -2.49. The molecule has 1 saturated heterocycles. The smallest absolute Gasteiger partial charge is 0.196 e. The van der Waals surface area contributed by atoms with Gasteiger partial charge in [0.15, 0.2) is 14.6 Å². The van der Waals surface area contributed by atoms with E-state index in [1.165, 1.54) is 0 Å². The van der Waals surface area contributed by atoms with Crippen molar-refractivity contribution in [3.63, 3.8) is 0 Å². The Hall–Kier alpha value is -2.36. The van der Waals surface area contributed by atoms with Gasteiger partial charge in [-0.25, -0.2) is 0 Å². The first kappa shape index (κ1) is 32.5. The van der Waals surface area contributed by atoms with Crippen LogP contribution in [0, 0.1) is 5.92 Å². The molecule has 1 aliphatic rings. The molecule has 1 aliphatic heterocycles. The van der Waals surface area contributed by atoms with Gasteiger partial charge in [-0.05, 0) is 40.7 Å². The summed E-state index contributed by atoms with van der Waals surface area (Å²) in [5.74, 6) is 0.400. The molecule has 1 heterocycles. The van der Waals surface area contributed by atoms with Gasteiger partial charge in [0.25, 0.3) is 0 Å². The van der Waals surface area contributed by atoms with Gasteiger partial charge in [0.2, 0.25) is 0 Å². The van der Waals surface area contributed by atoms with Gasteiger partial charge in [-0.1, -0.05) is 119 Å². The van der Waals surface area contributed by atoms with Crippen molar-refractivity contribution in [2.75, 3.05) is 6.61 Å². The van der Waals surface area contributed by atoms with E-state index in [2.05, 4.69) is 40.8 Å². The van der Waals surface area contributed by atoms with Crippen molar-refractivity contribution in [2.45, 2.75) is 96.4 Å². The lowest BCUT2D eigenvalue weighted by molar-refractivity contribution is -0.302. The molecule has 5 atom stereocenters. The van der Waals surface area contributed by atoms with Crippen molar-refractivity contribution in [3.8, 4) is 0 Å². The highest BCUT2D eigenvalue weighted by Gasteiger charge is 2.52. The molecule has 6 nitrogen and oxygen atoms in total. The molecule has 0 saturated carbocycles. The summed E-state index contributed by atoms with van der Waals surface area (Å²) in [6, 6.07) is 30.0. The first-order valence-corrected chi connectivity index (χ1v) is 17.9. The molecule has 1 N–H and O–H groups in total.